The van der Waals surface area contributed by atoms with Crippen LogP contribution < -0.4 is 11.1 Å². The average Bonchev–Trinajstić information content (AvgIpc) is 2.08. The van der Waals surface area contributed by atoms with Gasteiger partial charge in [0.2, 0.25) is 0 Å². The Bertz CT molecular complexity index is 250. The summed E-state index contributed by atoms with van der Waals surface area (Å²) in [5.74, 6) is 0. The van der Waals surface area contributed by atoms with Gasteiger partial charge in [-0.25, -0.2) is 4.79 Å². The second kappa shape index (κ2) is 5.01. The van der Waals surface area contributed by atoms with Gasteiger partial charge in [-0.3, -0.25) is 0 Å². The standard InChI is InChI=1S/C11H22N2O3/c1-11(2,3)16-10(15)13-7-4-5-8(12)9(14)6-7/h7-9,14H,4-6,12H2,1-3H3,(H,13,15)/t7-,8-,9?/m1/s1. The number of carbonyl (C=O) groups is 1. The predicted molar refractivity (Wildman–Crippen MR) is 61.0 cm³/mol. The molecule has 0 aromatic carbocycles. The maximum atomic E-state index is 11.5. The molecule has 1 aliphatic rings. The van der Waals surface area contributed by atoms with E-state index in [9.17, 15) is 9.90 Å². The van der Waals surface area contributed by atoms with E-state index in [0.29, 0.717) is 6.42 Å². The van der Waals surface area contributed by atoms with Gasteiger partial charge in [0, 0.05) is 12.1 Å². The van der Waals surface area contributed by atoms with E-state index in [4.69, 9.17) is 10.5 Å². The average molecular weight is 230 g/mol. The molecule has 1 saturated carbocycles. The number of nitrogens with two attached hydrogens (primary N) is 1. The monoisotopic (exact) mass is 230 g/mol. The zero-order valence-electron chi connectivity index (χ0n) is 10.2. The molecule has 0 saturated heterocycles. The molecule has 0 aliphatic heterocycles. The molecule has 0 bridgehead atoms. The number of carbonyl (C=O) groups excluding carboxylic acids is 1. The van der Waals surface area contributed by atoms with E-state index >= 15 is 0 Å². The largest absolute Gasteiger partial charge is 0.444 e. The van der Waals surface area contributed by atoms with Crippen LogP contribution in [0.1, 0.15) is 40.0 Å². The van der Waals surface area contributed by atoms with Gasteiger partial charge in [0.1, 0.15) is 5.60 Å². The van der Waals surface area contributed by atoms with Crippen LogP contribution in [-0.2, 0) is 4.74 Å². The molecule has 94 valence electrons. The molecule has 0 spiro atoms. The second-order valence-corrected chi connectivity index (χ2v) is 5.39. The maximum Gasteiger partial charge on any atom is 0.407 e. The lowest BCUT2D eigenvalue weighted by molar-refractivity contribution is 0.0429. The maximum absolute atomic E-state index is 11.5. The van der Waals surface area contributed by atoms with Crippen molar-refractivity contribution in [3.8, 4) is 0 Å². The molecular formula is C11H22N2O3. The van der Waals surface area contributed by atoms with E-state index in [1.54, 1.807) is 0 Å². The Morgan fingerprint density at radius 2 is 2.06 bits per heavy atom. The lowest BCUT2D eigenvalue weighted by atomic mass is 9.89. The Hall–Kier alpha value is -0.810. The Balaban J connectivity index is 2.35. The topological polar surface area (TPSA) is 84.6 Å². The van der Waals surface area contributed by atoms with E-state index in [-0.39, 0.29) is 12.1 Å². The molecule has 0 aromatic rings. The Morgan fingerprint density at radius 3 is 2.56 bits per heavy atom. The van der Waals surface area contributed by atoms with Crippen LogP contribution >= 0.6 is 0 Å². The fraction of sp³-hybridized carbons (Fsp3) is 0.909. The van der Waals surface area contributed by atoms with E-state index in [1.807, 2.05) is 20.8 Å². The van der Waals surface area contributed by atoms with Crippen LogP contribution in [0.15, 0.2) is 0 Å². The summed E-state index contributed by atoms with van der Waals surface area (Å²) in [6.07, 6.45) is 1.05. The van der Waals surface area contributed by atoms with Crippen LogP contribution in [0.5, 0.6) is 0 Å². The highest BCUT2D eigenvalue weighted by atomic mass is 16.6. The van der Waals surface area contributed by atoms with Crippen molar-refractivity contribution in [2.45, 2.75) is 63.8 Å². The summed E-state index contributed by atoms with van der Waals surface area (Å²) in [7, 11) is 0. The molecule has 0 heterocycles. The highest BCUT2D eigenvalue weighted by Gasteiger charge is 2.28. The van der Waals surface area contributed by atoms with E-state index in [0.717, 1.165) is 12.8 Å². The first-order valence-corrected chi connectivity index (χ1v) is 5.71. The molecule has 1 unspecified atom stereocenters. The van der Waals surface area contributed by atoms with Gasteiger partial charge in [-0.15, -0.1) is 0 Å². The van der Waals surface area contributed by atoms with Gasteiger partial charge >= 0.3 is 6.09 Å². The van der Waals surface area contributed by atoms with Gasteiger partial charge in [-0.2, -0.15) is 0 Å². The van der Waals surface area contributed by atoms with E-state index in [1.165, 1.54) is 0 Å². The van der Waals surface area contributed by atoms with Crippen molar-refractivity contribution in [2.75, 3.05) is 0 Å². The second-order valence-electron chi connectivity index (χ2n) is 5.39. The molecule has 4 N–H and O–H groups in total. The number of hydrogen-bond donors (Lipinski definition) is 3. The minimum atomic E-state index is -0.534. The van der Waals surface area contributed by atoms with Crippen molar-refractivity contribution >= 4 is 6.09 Å². The van der Waals surface area contributed by atoms with Gasteiger partial charge in [-0.05, 0) is 40.0 Å². The van der Waals surface area contributed by atoms with Crippen LogP contribution in [0, 0.1) is 0 Å². The van der Waals surface area contributed by atoms with Crippen molar-refractivity contribution in [2.24, 2.45) is 5.73 Å². The normalized spacial score (nSPS) is 30.9. The van der Waals surface area contributed by atoms with Crippen LogP contribution in [0.25, 0.3) is 0 Å². The summed E-state index contributed by atoms with van der Waals surface area (Å²) in [5, 5.41) is 12.3. The van der Waals surface area contributed by atoms with Crippen molar-refractivity contribution in [1.82, 2.24) is 5.32 Å². The smallest absolute Gasteiger partial charge is 0.407 e. The Morgan fingerprint density at radius 1 is 1.44 bits per heavy atom. The number of nitrogens with one attached hydrogen (secondary N) is 1. The van der Waals surface area contributed by atoms with E-state index < -0.39 is 17.8 Å². The first kappa shape index (κ1) is 13.3. The van der Waals surface area contributed by atoms with Crippen LogP contribution in [-0.4, -0.2) is 35.0 Å². The molecule has 16 heavy (non-hydrogen) atoms. The summed E-state index contributed by atoms with van der Waals surface area (Å²) >= 11 is 0. The molecule has 5 nitrogen and oxygen atoms in total. The van der Waals surface area contributed by atoms with Crippen LogP contribution in [0.3, 0.4) is 0 Å². The fourth-order valence-electron chi connectivity index (χ4n) is 1.78. The van der Waals surface area contributed by atoms with Gasteiger partial charge in [0.15, 0.2) is 0 Å². The summed E-state index contributed by atoms with van der Waals surface area (Å²) in [6.45, 7) is 5.45. The third-order valence-corrected chi connectivity index (χ3v) is 2.59. The number of aliphatic hydroxyl groups excluding tert-OH is 1. The molecule has 0 aromatic heterocycles. The number of ether oxygens (including phenoxy) is 1. The number of alkyl carbamates (subject to hydrolysis) is 1. The summed E-state index contributed by atoms with van der Waals surface area (Å²) in [4.78, 5) is 11.5. The predicted octanol–water partition coefficient (Wildman–Crippen LogP) is 0.752. The number of rotatable bonds is 1. The van der Waals surface area contributed by atoms with Gasteiger partial charge in [0.25, 0.3) is 0 Å². The Kier molecular flexibility index (Phi) is 4.15. The van der Waals surface area contributed by atoms with Gasteiger partial charge in [-0.1, -0.05) is 0 Å². The molecule has 1 fully saturated rings. The number of amides is 1. The Labute approximate surface area is 96.3 Å². The van der Waals surface area contributed by atoms with Crippen molar-refractivity contribution in [3.05, 3.63) is 0 Å². The molecule has 1 amide bonds. The first-order chi connectivity index (χ1) is 7.28. The minimum Gasteiger partial charge on any atom is -0.444 e. The SMILES string of the molecule is CC(C)(C)OC(=O)N[C@@H]1CC[C@@H](N)C(O)C1. The van der Waals surface area contributed by atoms with Crippen LogP contribution in [0.4, 0.5) is 4.79 Å². The number of hydrogen-bond acceptors (Lipinski definition) is 4. The lowest BCUT2D eigenvalue weighted by Gasteiger charge is -2.31. The van der Waals surface area contributed by atoms with Gasteiger partial charge in [0.05, 0.1) is 6.10 Å². The lowest BCUT2D eigenvalue weighted by Crippen LogP contribution is -2.48. The quantitative estimate of drug-likeness (QED) is 0.620. The molecule has 1 aliphatic carbocycles. The summed E-state index contributed by atoms with van der Waals surface area (Å²) in [6, 6.07) is -0.207. The minimum absolute atomic E-state index is 0.0374. The molecule has 3 atom stereocenters. The zero-order valence-corrected chi connectivity index (χ0v) is 10.2. The highest BCUT2D eigenvalue weighted by Crippen LogP contribution is 2.18. The fourth-order valence-corrected chi connectivity index (χ4v) is 1.78. The van der Waals surface area contributed by atoms with Crippen molar-refractivity contribution in [3.63, 3.8) is 0 Å². The molecule has 0 radical (unpaired) electrons. The van der Waals surface area contributed by atoms with Crippen molar-refractivity contribution in [1.29, 1.82) is 0 Å². The number of aliphatic hydroxyl groups is 1. The van der Waals surface area contributed by atoms with E-state index in [2.05, 4.69) is 5.32 Å². The van der Waals surface area contributed by atoms with Gasteiger partial charge < -0.3 is 20.9 Å². The third-order valence-electron chi connectivity index (χ3n) is 2.59. The highest BCUT2D eigenvalue weighted by molar-refractivity contribution is 5.68. The third kappa shape index (κ3) is 4.37. The summed E-state index contributed by atoms with van der Waals surface area (Å²) < 4.78 is 5.14. The first-order valence-electron chi connectivity index (χ1n) is 5.71. The summed E-state index contributed by atoms with van der Waals surface area (Å²) in [5.41, 5.74) is 5.19. The van der Waals surface area contributed by atoms with Crippen molar-refractivity contribution < 1.29 is 14.6 Å². The molecule has 1 rings (SSSR count). The van der Waals surface area contributed by atoms with Crippen LogP contribution in [0.2, 0.25) is 0 Å². The molecular weight excluding hydrogens is 208 g/mol. The zero-order chi connectivity index (χ0) is 12.3. The molecule has 5 heteroatoms.